The number of rotatable bonds is 15. The van der Waals surface area contributed by atoms with Crippen molar-refractivity contribution in [1.82, 2.24) is 15.1 Å². The fourth-order valence-electron chi connectivity index (χ4n) is 5.89. The number of nitrogens with one attached hydrogen (secondary N) is 1. The third-order valence-corrected chi connectivity index (χ3v) is 14.2. The van der Waals surface area contributed by atoms with E-state index < -0.39 is 15.8 Å². The summed E-state index contributed by atoms with van der Waals surface area (Å²) < 4.78 is 0. The fraction of sp³-hybridized carbons (Fsp3) is 0.188. The van der Waals surface area contributed by atoms with Crippen molar-refractivity contribution in [2.75, 3.05) is 46.6 Å². The average Bonchev–Trinajstić information content (AvgIpc) is 3.31. The minimum atomic E-state index is -0.769. The van der Waals surface area contributed by atoms with Crippen molar-refractivity contribution < 1.29 is 37.9 Å². The van der Waals surface area contributed by atoms with Gasteiger partial charge in [-0.1, -0.05) is 133 Å². The SMILES string of the molecule is CN(C=O)Cc1ccccc1.CN(CC[PH+](c1ccccc1)c1ccccc1)CC[PH+](c1ccccc1)c1ccccc1.CNCc1ccccc1.O=C=O.[CH-]=O.[Cl][RuH+2].[HH]. The molecular weight excluding hydrogens is 881 g/mol. The van der Waals surface area contributed by atoms with Crippen molar-refractivity contribution in [2.24, 2.45) is 0 Å². The summed E-state index contributed by atoms with van der Waals surface area (Å²) in [5.74, 6) is 0. The van der Waals surface area contributed by atoms with Gasteiger partial charge < -0.3 is 15.0 Å². The van der Waals surface area contributed by atoms with Crippen LogP contribution >= 0.6 is 25.5 Å². The van der Waals surface area contributed by atoms with Crippen LogP contribution in [0.2, 0.25) is 0 Å². The summed E-state index contributed by atoms with van der Waals surface area (Å²) in [7, 11) is 9.08. The van der Waals surface area contributed by atoms with Crippen molar-refractivity contribution in [2.45, 2.75) is 13.1 Å². The number of nitrogens with zero attached hydrogens (tertiary/aromatic N) is 2. The van der Waals surface area contributed by atoms with Crippen LogP contribution in [0.4, 0.5) is 0 Å². The number of carbonyl (C=O) groups excluding carboxylic acids is 4. The smallest absolute Gasteiger partial charge is 0 e. The second kappa shape index (κ2) is 35.5. The van der Waals surface area contributed by atoms with E-state index in [1.165, 1.54) is 39.1 Å². The van der Waals surface area contributed by atoms with Gasteiger partial charge in [0.05, 0.1) is 49.4 Å². The molecule has 0 heterocycles. The predicted octanol–water partition coefficient (Wildman–Crippen LogP) is 7.14. The molecule has 0 unspecified atom stereocenters. The molecule has 0 aliphatic heterocycles. The quantitative estimate of drug-likeness (QED) is 0.0511. The van der Waals surface area contributed by atoms with Crippen LogP contribution in [0.1, 0.15) is 12.6 Å². The molecule has 0 aromatic heterocycles. The molecule has 11 heteroatoms. The van der Waals surface area contributed by atoms with E-state index in [0.717, 1.165) is 31.6 Å². The molecule has 1 amide bonds. The zero-order valence-corrected chi connectivity index (χ0v) is 38.6. The second-order valence-corrected chi connectivity index (χ2v) is 18.1. The van der Waals surface area contributed by atoms with Crippen molar-refractivity contribution in [3.05, 3.63) is 193 Å². The summed E-state index contributed by atoms with van der Waals surface area (Å²) in [5.41, 5.74) is 2.49. The molecule has 0 saturated heterocycles. The maximum Gasteiger partial charge on any atom is 0 e. The Bertz CT molecular complexity index is 1740. The molecule has 0 aliphatic carbocycles. The minimum absolute atomic E-state index is 0. The molecule has 0 fully saturated rings. The van der Waals surface area contributed by atoms with Crippen LogP contribution in [0.15, 0.2) is 182 Å². The van der Waals surface area contributed by atoms with Gasteiger partial charge in [-0.2, -0.15) is 9.59 Å². The van der Waals surface area contributed by atoms with Gasteiger partial charge in [0.1, 0.15) is 0 Å². The van der Waals surface area contributed by atoms with E-state index in [4.69, 9.17) is 14.4 Å². The topological polar surface area (TPSA) is 86.8 Å². The third kappa shape index (κ3) is 23.1. The van der Waals surface area contributed by atoms with Crippen LogP contribution in [-0.4, -0.2) is 75.7 Å². The van der Waals surface area contributed by atoms with Crippen molar-refractivity contribution >= 4 is 66.1 Å². The number of benzene rings is 6. The molecule has 7 nitrogen and oxygen atoms in total. The van der Waals surface area contributed by atoms with Gasteiger partial charge in [-0.3, -0.25) is 16.5 Å². The molecule has 1 N–H and O–H groups in total. The van der Waals surface area contributed by atoms with Crippen LogP contribution in [-0.2, 0) is 49.6 Å². The Kier molecular flexibility index (Phi) is 31.6. The molecule has 0 saturated carbocycles. The van der Waals surface area contributed by atoms with Crippen LogP contribution in [0, 0.1) is 0 Å². The van der Waals surface area contributed by atoms with E-state index in [0.29, 0.717) is 6.54 Å². The molecule has 59 heavy (non-hydrogen) atoms. The van der Waals surface area contributed by atoms with E-state index >= 15 is 0 Å². The molecule has 0 atom stereocenters. The first kappa shape index (κ1) is 52.6. The second-order valence-electron chi connectivity index (χ2n) is 12.8. The van der Waals surface area contributed by atoms with E-state index in [9.17, 15) is 4.79 Å². The first-order valence-electron chi connectivity index (χ1n) is 18.9. The Morgan fingerprint density at radius 2 is 0.847 bits per heavy atom. The molecule has 0 bridgehead atoms. The van der Waals surface area contributed by atoms with Crippen molar-refractivity contribution in [3.8, 4) is 0 Å². The van der Waals surface area contributed by atoms with Crippen molar-refractivity contribution in [1.29, 1.82) is 0 Å². The van der Waals surface area contributed by atoms with E-state index in [1.54, 1.807) is 29.3 Å². The van der Waals surface area contributed by atoms with Crippen LogP contribution in [0.3, 0.4) is 0 Å². The van der Waals surface area contributed by atoms with Gasteiger partial charge in [0.15, 0.2) is 0 Å². The van der Waals surface area contributed by atoms with Crippen molar-refractivity contribution in [3.63, 3.8) is 0 Å². The Balaban J connectivity index is 0.00000102. The fourth-order valence-corrected chi connectivity index (χ4v) is 11.3. The molecule has 312 valence electrons. The van der Waals surface area contributed by atoms with Crippen LogP contribution in [0.25, 0.3) is 0 Å². The van der Waals surface area contributed by atoms with Gasteiger partial charge >= 0.3 is 33.2 Å². The normalized spacial score (nSPS) is 9.63. The largest absolute Gasteiger partial charge is 0 e. The minimum Gasteiger partial charge on any atom is 0 e. The Morgan fingerprint density at radius 3 is 1.12 bits per heavy atom. The molecule has 6 rings (SSSR count). The number of halogens is 1. The van der Waals surface area contributed by atoms with E-state index in [-0.39, 0.29) is 7.58 Å². The number of amides is 1. The summed E-state index contributed by atoms with van der Waals surface area (Å²) >= 11 is 1.62. The van der Waals surface area contributed by atoms with Gasteiger partial charge in [-0.15, -0.1) is 0 Å². The maximum absolute atomic E-state index is 10.2. The standard InChI is InChI=1S/C29H31NP2.C9H11NO.C8H11N.CO2.CHO.ClH.Ru.H2.H/c1-30(22-24-31(26-14-6-2-7-15-26)27-16-8-3-9-17-27)23-25-32(28-18-10-4-11-19-28)29-20-12-5-13-21-29;1-10(8-11)7-9-5-3-2-4-6-9;1-9-7-8-5-3-2-4-6-8;2-1-3;1-2;;;;/h2-21H,22-25H2,1H3;2-6,8H,7H2,1H3;2-6,9H,7H2,1H3;;1H;1H;;1H;/q;;;;-1;;+3;;/p+1. The monoisotopic (exact) mass is 940 g/mol. The zero-order chi connectivity index (χ0) is 43.4. The number of hydrogen-bond donors (Lipinski definition) is 1. The van der Waals surface area contributed by atoms with Gasteiger partial charge in [-0.05, 0) is 73.8 Å². The average molecular weight is 940 g/mol. The molecule has 6 aromatic rings. The first-order valence-corrected chi connectivity index (χ1v) is 24.7. The number of hydrogen-bond acceptors (Lipinski definition) is 6. The summed E-state index contributed by atoms with van der Waals surface area (Å²) in [6.07, 6.45) is 3.54. The van der Waals surface area contributed by atoms with Gasteiger partial charge in [-0.25, -0.2) is 0 Å². The zero-order valence-electron chi connectivity index (χ0n) is 34.0. The summed E-state index contributed by atoms with van der Waals surface area (Å²) in [5, 5.41) is 9.12. The molecule has 0 radical (unpaired) electrons. The predicted molar refractivity (Wildman–Crippen MR) is 252 cm³/mol. The Hall–Kier alpha value is -4.47. The van der Waals surface area contributed by atoms with Crippen LogP contribution in [0.5, 0.6) is 0 Å². The van der Waals surface area contributed by atoms with Crippen LogP contribution < -0.4 is 26.5 Å². The third-order valence-electron chi connectivity index (χ3n) is 8.65. The van der Waals surface area contributed by atoms with Gasteiger partial charge in [0.25, 0.3) is 0 Å². The summed E-state index contributed by atoms with van der Waals surface area (Å²) in [6, 6.07) is 64.7. The summed E-state index contributed by atoms with van der Waals surface area (Å²) in [6.45, 7) is 7.17. The van der Waals surface area contributed by atoms with E-state index in [2.05, 4.69) is 167 Å². The molecule has 0 spiro atoms. The first-order chi connectivity index (χ1) is 29.0. The molecule has 6 aromatic carbocycles. The Labute approximate surface area is 369 Å². The maximum atomic E-state index is 10.2. The molecule has 0 aliphatic rings. The number of carbonyl (C=O) groups is 1. The van der Waals surface area contributed by atoms with E-state index in [1.807, 2.05) is 55.6 Å². The summed E-state index contributed by atoms with van der Waals surface area (Å²) in [4.78, 5) is 38.4. The molecular formula is C48H59ClN3O4P2Ru+3. The van der Waals surface area contributed by atoms with Gasteiger partial charge in [0, 0.05) is 34.7 Å². The van der Waals surface area contributed by atoms with Gasteiger partial charge in [0.2, 0.25) is 6.41 Å². The Morgan fingerprint density at radius 1 is 0.576 bits per heavy atom.